The average Bonchev–Trinajstić information content (AvgIpc) is 2.88. The van der Waals surface area contributed by atoms with Crippen molar-refractivity contribution in [3.05, 3.63) is 24.0 Å². The third-order valence-corrected chi connectivity index (χ3v) is 4.29. The van der Waals surface area contributed by atoms with Crippen LogP contribution in [0.25, 0.3) is 11.0 Å². The second kappa shape index (κ2) is 5.92. The predicted octanol–water partition coefficient (Wildman–Crippen LogP) is 0.940. The van der Waals surface area contributed by atoms with Crippen LogP contribution in [-0.2, 0) is 6.54 Å². The van der Waals surface area contributed by atoms with Crippen LogP contribution in [0.2, 0.25) is 5.82 Å². The van der Waals surface area contributed by atoms with Gasteiger partial charge < -0.3 is 9.72 Å². The summed E-state index contributed by atoms with van der Waals surface area (Å²) in [7, 11) is 5.27. The van der Waals surface area contributed by atoms with E-state index in [0.29, 0.717) is 0 Å². The largest absolute Gasteiger partial charge is 0.497 e. The number of aromatic amines is 1. The highest BCUT2D eigenvalue weighted by Gasteiger charge is 2.19. The highest BCUT2D eigenvalue weighted by molar-refractivity contribution is 6.90. The zero-order chi connectivity index (χ0) is 13.9. The molecule has 1 aliphatic heterocycles. The van der Waals surface area contributed by atoms with Gasteiger partial charge in [-0.2, -0.15) is 0 Å². The van der Waals surface area contributed by atoms with Crippen molar-refractivity contribution in [2.45, 2.75) is 25.2 Å². The van der Waals surface area contributed by atoms with Crippen LogP contribution in [-0.4, -0.2) is 50.0 Å². The van der Waals surface area contributed by atoms with Crippen molar-refractivity contribution in [3.8, 4) is 5.75 Å². The number of nitrogens with zero attached hydrogens (tertiary/aromatic N) is 2. The Bertz CT molecular complexity index is 587. The summed E-state index contributed by atoms with van der Waals surface area (Å²) in [4.78, 5) is 10.6. The van der Waals surface area contributed by atoms with E-state index in [1.807, 2.05) is 18.2 Å². The first-order valence-electron chi connectivity index (χ1n) is 7.53. The summed E-state index contributed by atoms with van der Waals surface area (Å²) >= 11 is 0. The van der Waals surface area contributed by atoms with Crippen molar-refractivity contribution in [2.24, 2.45) is 0 Å². The van der Waals surface area contributed by atoms with Gasteiger partial charge in [0.25, 0.3) is 0 Å². The van der Waals surface area contributed by atoms with Gasteiger partial charge in [0.15, 0.2) is 0 Å². The van der Waals surface area contributed by atoms with Crippen LogP contribution >= 0.6 is 0 Å². The van der Waals surface area contributed by atoms with Crippen LogP contribution in [0.5, 0.6) is 5.75 Å². The van der Waals surface area contributed by atoms with Crippen LogP contribution < -0.4 is 4.74 Å². The van der Waals surface area contributed by atoms with E-state index in [1.165, 1.54) is 33.1 Å². The standard InChI is InChI=1S/C14H21B2N3O/c1-20-11-4-5-12-13(7-11)18-14(17-12)9-19-6-2-3-10(8-19)16-15/h4-5,7,10,16H,2-3,6,8-9,15H2,1H3,(H,17,18). The highest BCUT2D eigenvalue weighted by Crippen LogP contribution is 2.23. The van der Waals surface area contributed by atoms with E-state index in [-0.39, 0.29) is 0 Å². The number of piperidine rings is 1. The first kappa shape index (κ1) is 13.6. The van der Waals surface area contributed by atoms with E-state index < -0.39 is 0 Å². The molecule has 1 fully saturated rings. The Labute approximate surface area is 121 Å². The first-order valence-corrected chi connectivity index (χ1v) is 7.53. The maximum Gasteiger partial charge on any atom is 0.121 e. The molecule has 20 heavy (non-hydrogen) atoms. The molecule has 1 aliphatic rings. The molecule has 3 rings (SSSR count). The second-order valence-electron chi connectivity index (χ2n) is 5.72. The van der Waals surface area contributed by atoms with E-state index in [4.69, 9.17) is 4.74 Å². The van der Waals surface area contributed by atoms with E-state index in [2.05, 4.69) is 22.6 Å². The fourth-order valence-corrected chi connectivity index (χ4v) is 3.08. The number of ether oxygens (including phenoxy) is 1. The molecular weight excluding hydrogens is 248 g/mol. The second-order valence-corrected chi connectivity index (χ2v) is 5.72. The lowest BCUT2D eigenvalue weighted by molar-refractivity contribution is 0.217. The summed E-state index contributed by atoms with van der Waals surface area (Å²) in [5.74, 6) is 2.78. The van der Waals surface area contributed by atoms with E-state index in [0.717, 1.165) is 35.0 Å². The van der Waals surface area contributed by atoms with Crippen LogP contribution in [0, 0.1) is 0 Å². The quantitative estimate of drug-likeness (QED) is 0.840. The minimum absolute atomic E-state index is 0.855. The average molecular weight is 269 g/mol. The van der Waals surface area contributed by atoms with Crippen molar-refractivity contribution in [3.63, 3.8) is 0 Å². The minimum atomic E-state index is 0.855. The fourth-order valence-electron chi connectivity index (χ4n) is 3.08. The van der Waals surface area contributed by atoms with Gasteiger partial charge in [-0.05, 0) is 31.6 Å². The Morgan fingerprint density at radius 3 is 3.25 bits per heavy atom. The molecule has 0 bridgehead atoms. The molecule has 1 unspecified atom stereocenters. The number of benzene rings is 1. The lowest BCUT2D eigenvalue weighted by atomic mass is 9.46. The molecule has 0 radical (unpaired) electrons. The van der Waals surface area contributed by atoms with Gasteiger partial charge in [0, 0.05) is 6.07 Å². The maximum absolute atomic E-state index is 5.25. The van der Waals surface area contributed by atoms with Crippen molar-refractivity contribution >= 4 is 25.9 Å². The molecule has 1 aromatic heterocycles. The Balaban J connectivity index is 1.74. The third-order valence-electron chi connectivity index (χ3n) is 4.29. The highest BCUT2D eigenvalue weighted by atomic mass is 16.5. The normalized spacial score (nSPS) is 20.1. The number of fused-ring (bicyclic) bond motifs is 1. The summed E-state index contributed by atoms with van der Waals surface area (Å²) in [6, 6.07) is 5.99. The Hall–Kier alpha value is -1.42. The SMILES string of the molecule is BBC1CCCN(Cc2nc3cc(OC)ccc3[nH]2)C1. The molecule has 1 saturated heterocycles. The number of rotatable bonds is 4. The lowest BCUT2D eigenvalue weighted by Gasteiger charge is -2.31. The molecule has 0 amide bonds. The summed E-state index contributed by atoms with van der Waals surface area (Å²) in [5, 5.41) is 0. The fraction of sp³-hybridized carbons (Fsp3) is 0.500. The van der Waals surface area contributed by atoms with Crippen LogP contribution in [0.15, 0.2) is 18.2 Å². The number of hydrogen-bond donors (Lipinski definition) is 1. The van der Waals surface area contributed by atoms with Crippen LogP contribution in [0.1, 0.15) is 18.7 Å². The summed E-state index contributed by atoms with van der Waals surface area (Å²) < 4.78 is 5.25. The molecule has 104 valence electrons. The van der Waals surface area contributed by atoms with E-state index in [1.54, 1.807) is 7.11 Å². The molecular formula is C14H21B2N3O. The summed E-state index contributed by atoms with van der Waals surface area (Å²) in [5.41, 5.74) is 2.08. The van der Waals surface area contributed by atoms with E-state index >= 15 is 0 Å². The van der Waals surface area contributed by atoms with Gasteiger partial charge >= 0.3 is 0 Å². The third kappa shape index (κ3) is 2.85. The van der Waals surface area contributed by atoms with Gasteiger partial charge in [-0.25, -0.2) is 4.98 Å². The molecule has 2 aromatic rings. The van der Waals surface area contributed by atoms with Crippen molar-refractivity contribution < 1.29 is 4.74 Å². The lowest BCUT2D eigenvalue weighted by Crippen LogP contribution is -2.34. The Kier molecular flexibility index (Phi) is 4.01. The molecule has 1 aromatic carbocycles. The number of H-pyrrole nitrogens is 1. The number of imidazole rings is 1. The maximum atomic E-state index is 5.25. The number of likely N-dealkylation sites (tertiary alicyclic amines) is 1. The van der Waals surface area contributed by atoms with Crippen molar-refractivity contribution in [2.75, 3.05) is 20.2 Å². The molecule has 6 heteroatoms. The van der Waals surface area contributed by atoms with Gasteiger partial charge in [0.1, 0.15) is 11.6 Å². The number of aromatic nitrogens is 2. The smallest absolute Gasteiger partial charge is 0.121 e. The van der Waals surface area contributed by atoms with Crippen LogP contribution in [0.3, 0.4) is 0 Å². The van der Waals surface area contributed by atoms with Gasteiger partial charge in [-0.15, -0.1) is 0 Å². The predicted molar refractivity (Wildman–Crippen MR) is 86.6 cm³/mol. The molecule has 0 aliphatic carbocycles. The number of methoxy groups -OCH3 is 1. The van der Waals surface area contributed by atoms with Crippen molar-refractivity contribution in [1.29, 1.82) is 0 Å². The molecule has 2 heterocycles. The van der Waals surface area contributed by atoms with Gasteiger partial charge in [0.05, 0.1) is 39.6 Å². The Morgan fingerprint density at radius 2 is 2.45 bits per heavy atom. The molecule has 4 nitrogen and oxygen atoms in total. The zero-order valence-corrected chi connectivity index (χ0v) is 12.4. The number of hydrogen-bond acceptors (Lipinski definition) is 3. The first-order chi connectivity index (χ1) is 9.78. The Morgan fingerprint density at radius 1 is 1.55 bits per heavy atom. The summed E-state index contributed by atoms with van der Waals surface area (Å²) in [6.45, 7) is 3.32. The molecule has 0 spiro atoms. The topological polar surface area (TPSA) is 41.2 Å². The molecule has 1 N–H and O–H groups in total. The van der Waals surface area contributed by atoms with Gasteiger partial charge in [-0.3, -0.25) is 4.90 Å². The van der Waals surface area contributed by atoms with Gasteiger partial charge in [0.2, 0.25) is 0 Å². The van der Waals surface area contributed by atoms with Crippen LogP contribution in [0.4, 0.5) is 0 Å². The molecule has 0 saturated carbocycles. The van der Waals surface area contributed by atoms with E-state index in [9.17, 15) is 0 Å². The monoisotopic (exact) mass is 269 g/mol. The number of nitrogens with one attached hydrogen (secondary N) is 1. The summed E-state index contributed by atoms with van der Waals surface area (Å²) in [6.07, 6.45) is 2.69. The van der Waals surface area contributed by atoms with Gasteiger partial charge in [-0.1, -0.05) is 12.2 Å². The zero-order valence-electron chi connectivity index (χ0n) is 12.4. The molecule has 1 atom stereocenters. The minimum Gasteiger partial charge on any atom is -0.497 e. The van der Waals surface area contributed by atoms with Crippen molar-refractivity contribution in [1.82, 2.24) is 14.9 Å².